The topological polar surface area (TPSA) is 58.9 Å². The van der Waals surface area contributed by atoms with E-state index in [-0.39, 0.29) is 11.5 Å². The van der Waals surface area contributed by atoms with Crippen molar-refractivity contribution in [3.05, 3.63) is 46.9 Å². The Hall–Kier alpha value is -3.48. The van der Waals surface area contributed by atoms with E-state index in [1.807, 2.05) is 26.0 Å². The second kappa shape index (κ2) is 8.81. The van der Waals surface area contributed by atoms with Crippen LogP contribution in [-0.2, 0) is 13.0 Å². The predicted octanol–water partition coefficient (Wildman–Crippen LogP) is 5.45. The molecule has 0 saturated heterocycles. The fraction of sp³-hybridized carbons (Fsp3) is 0.346. The van der Waals surface area contributed by atoms with Gasteiger partial charge in [-0.1, -0.05) is 6.92 Å². The number of hydrogen-bond donors (Lipinski definition) is 0. The van der Waals surface area contributed by atoms with Crippen molar-refractivity contribution in [1.82, 2.24) is 4.57 Å². The van der Waals surface area contributed by atoms with E-state index < -0.39 is 5.82 Å². The number of aryl methyl sites for hydroxylation is 1. The molecule has 0 atom stereocenters. The monoisotopic (exact) mass is 453 g/mol. The summed E-state index contributed by atoms with van der Waals surface area (Å²) >= 11 is 0. The highest BCUT2D eigenvalue weighted by molar-refractivity contribution is 6.09. The third kappa shape index (κ3) is 3.43. The molecule has 0 spiro atoms. The number of Topliss-reactive ketones (excluding diaryl/α,β-unsaturated/α-hetero) is 1. The van der Waals surface area contributed by atoms with E-state index in [0.717, 1.165) is 28.9 Å². The Bertz CT molecular complexity index is 1240. The smallest absolute Gasteiger partial charge is 0.197 e. The van der Waals surface area contributed by atoms with Gasteiger partial charge in [-0.25, -0.2) is 4.39 Å². The van der Waals surface area contributed by atoms with Gasteiger partial charge in [-0.2, -0.15) is 0 Å². The largest absolute Gasteiger partial charge is 0.493 e. The molecule has 7 heteroatoms. The summed E-state index contributed by atoms with van der Waals surface area (Å²) in [5, 5.41) is 0. The molecule has 2 heterocycles. The van der Waals surface area contributed by atoms with Gasteiger partial charge in [0.05, 0.1) is 39.7 Å². The summed E-state index contributed by atoms with van der Waals surface area (Å²) in [5.41, 5.74) is 4.96. The maximum Gasteiger partial charge on any atom is 0.197 e. The van der Waals surface area contributed by atoms with Crippen LogP contribution >= 0.6 is 0 Å². The first-order chi connectivity index (χ1) is 15.9. The van der Waals surface area contributed by atoms with E-state index in [4.69, 9.17) is 18.9 Å². The van der Waals surface area contributed by atoms with Crippen molar-refractivity contribution < 1.29 is 28.1 Å². The van der Waals surface area contributed by atoms with Crippen LogP contribution in [0, 0.1) is 12.7 Å². The molecule has 174 valence electrons. The number of ether oxygens (including phenoxy) is 4. The molecule has 0 saturated carbocycles. The SMILES string of the molecule is CCC(=O)c1c(-c2ccc(OC)c(OC)c2F)c(C)n2c1-c1cc(OC)c(OC)cc1CC2. The number of carbonyl (C=O) groups is 1. The Morgan fingerprint density at radius 1 is 0.970 bits per heavy atom. The number of aromatic nitrogens is 1. The van der Waals surface area contributed by atoms with E-state index in [0.29, 0.717) is 46.9 Å². The van der Waals surface area contributed by atoms with Crippen LogP contribution in [-0.4, -0.2) is 38.8 Å². The molecule has 0 fully saturated rings. The van der Waals surface area contributed by atoms with Crippen LogP contribution in [0.2, 0.25) is 0 Å². The fourth-order valence-electron chi connectivity index (χ4n) is 4.74. The van der Waals surface area contributed by atoms with E-state index in [9.17, 15) is 4.79 Å². The van der Waals surface area contributed by atoms with Gasteiger partial charge in [-0.05, 0) is 43.2 Å². The van der Waals surface area contributed by atoms with E-state index in [2.05, 4.69) is 4.57 Å². The lowest BCUT2D eigenvalue weighted by atomic mass is 9.90. The summed E-state index contributed by atoms with van der Waals surface area (Å²) in [5.74, 6) is 0.922. The standard InChI is InChI=1S/C26H28FNO5/c1-7-18(29)23-22(16-8-9-19(30-3)26(33-6)24(16)27)14(2)28-11-10-15-12-20(31-4)21(32-5)13-17(15)25(23)28/h8-9,12-13H,7,10-11H2,1-6H3. The van der Waals surface area contributed by atoms with Gasteiger partial charge in [0.15, 0.2) is 34.6 Å². The minimum absolute atomic E-state index is 0.0141. The molecule has 0 radical (unpaired) electrons. The van der Waals surface area contributed by atoms with Crippen molar-refractivity contribution >= 4 is 5.78 Å². The van der Waals surface area contributed by atoms with Crippen LogP contribution in [0.4, 0.5) is 4.39 Å². The minimum atomic E-state index is -0.555. The Kier molecular flexibility index (Phi) is 6.06. The average Bonchev–Trinajstić information content (AvgIpc) is 3.14. The van der Waals surface area contributed by atoms with Crippen molar-refractivity contribution in [2.45, 2.75) is 33.2 Å². The number of benzene rings is 2. The zero-order valence-corrected chi connectivity index (χ0v) is 19.8. The molecule has 0 amide bonds. The second-order valence-electron chi connectivity index (χ2n) is 7.89. The van der Waals surface area contributed by atoms with Gasteiger partial charge in [0.25, 0.3) is 0 Å². The predicted molar refractivity (Wildman–Crippen MR) is 125 cm³/mol. The lowest BCUT2D eigenvalue weighted by Gasteiger charge is -2.23. The van der Waals surface area contributed by atoms with Gasteiger partial charge in [-0.3, -0.25) is 4.79 Å². The Morgan fingerprint density at radius 3 is 2.24 bits per heavy atom. The lowest BCUT2D eigenvalue weighted by molar-refractivity contribution is 0.0989. The molecule has 33 heavy (non-hydrogen) atoms. The first kappa shape index (κ1) is 22.7. The molecule has 1 aromatic heterocycles. The van der Waals surface area contributed by atoms with Gasteiger partial charge in [0.2, 0.25) is 0 Å². The molecular weight excluding hydrogens is 425 g/mol. The van der Waals surface area contributed by atoms with Gasteiger partial charge in [0, 0.05) is 35.3 Å². The Morgan fingerprint density at radius 2 is 1.64 bits per heavy atom. The molecule has 1 aliphatic rings. The molecule has 0 unspecified atom stereocenters. The number of fused-ring (bicyclic) bond motifs is 3. The van der Waals surface area contributed by atoms with Crippen LogP contribution in [0.3, 0.4) is 0 Å². The lowest BCUT2D eigenvalue weighted by Crippen LogP contribution is -2.14. The number of hydrogen-bond acceptors (Lipinski definition) is 5. The summed E-state index contributed by atoms with van der Waals surface area (Å²) < 4.78 is 39.3. The molecule has 6 nitrogen and oxygen atoms in total. The first-order valence-corrected chi connectivity index (χ1v) is 10.8. The summed E-state index contributed by atoms with van der Waals surface area (Å²) in [7, 11) is 6.05. The zero-order valence-electron chi connectivity index (χ0n) is 19.8. The molecule has 3 aromatic rings. The number of nitrogens with zero attached hydrogens (tertiary/aromatic N) is 1. The van der Waals surface area contributed by atoms with Crippen LogP contribution in [0.15, 0.2) is 24.3 Å². The fourth-order valence-corrected chi connectivity index (χ4v) is 4.74. The molecule has 0 bridgehead atoms. The zero-order chi connectivity index (χ0) is 23.9. The highest BCUT2D eigenvalue weighted by atomic mass is 19.1. The van der Waals surface area contributed by atoms with E-state index in [1.165, 1.54) is 14.2 Å². The molecule has 4 rings (SSSR count). The Balaban J connectivity index is 2.07. The summed E-state index contributed by atoms with van der Waals surface area (Å²) in [6, 6.07) is 7.17. The third-order valence-corrected chi connectivity index (χ3v) is 6.35. The maximum absolute atomic E-state index is 15.6. The number of ketones is 1. The number of halogens is 1. The number of rotatable bonds is 7. The Labute approximate surface area is 192 Å². The van der Waals surface area contributed by atoms with Crippen molar-refractivity contribution in [2.75, 3.05) is 28.4 Å². The van der Waals surface area contributed by atoms with Crippen LogP contribution in [0.5, 0.6) is 23.0 Å². The van der Waals surface area contributed by atoms with Crippen LogP contribution in [0.25, 0.3) is 22.4 Å². The van der Waals surface area contributed by atoms with Gasteiger partial charge in [0.1, 0.15) is 0 Å². The summed E-state index contributed by atoms with van der Waals surface area (Å²) in [4.78, 5) is 13.3. The molecule has 0 aliphatic carbocycles. The van der Waals surface area contributed by atoms with Gasteiger partial charge >= 0.3 is 0 Å². The maximum atomic E-state index is 15.6. The molecule has 0 N–H and O–H groups in total. The van der Waals surface area contributed by atoms with E-state index >= 15 is 4.39 Å². The van der Waals surface area contributed by atoms with Crippen LogP contribution in [0.1, 0.15) is 35.0 Å². The molecule has 2 aromatic carbocycles. The normalized spacial score (nSPS) is 12.1. The average molecular weight is 454 g/mol. The quantitative estimate of drug-likeness (QED) is 0.445. The highest BCUT2D eigenvalue weighted by Gasteiger charge is 2.32. The summed E-state index contributed by atoms with van der Waals surface area (Å²) in [6.07, 6.45) is 1.05. The van der Waals surface area contributed by atoms with Gasteiger partial charge in [-0.15, -0.1) is 0 Å². The number of carbonyl (C=O) groups excluding carboxylic acids is 1. The second-order valence-corrected chi connectivity index (χ2v) is 7.89. The first-order valence-electron chi connectivity index (χ1n) is 10.8. The minimum Gasteiger partial charge on any atom is -0.493 e. The van der Waals surface area contributed by atoms with Crippen LogP contribution < -0.4 is 18.9 Å². The van der Waals surface area contributed by atoms with Crippen molar-refractivity contribution in [3.63, 3.8) is 0 Å². The van der Waals surface area contributed by atoms with Crippen molar-refractivity contribution in [1.29, 1.82) is 0 Å². The molecule has 1 aliphatic heterocycles. The van der Waals surface area contributed by atoms with E-state index in [1.54, 1.807) is 26.4 Å². The number of methoxy groups -OCH3 is 4. The highest BCUT2D eigenvalue weighted by Crippen LogP contribution is 2.47. The van der Waals surface area contributed by atoms with Gasteiger partial charge < -0.3 is 23.5 Å². The third-order valence-electron chi connectivity index (χ3n) is 6.35. The van der Waals surface area contributed by atoms with Crippen molar-refractivity contribution in [3.8, 4) is 45.4 Å². The summed E-state index contributed by atoms with van der Waals surface area (Å²) in [6.45, 7) is 4.41. The molecular formula is C26H28FNO5. The van der Waals surface area contributed by atoms with Crippen molar-refractivity contribution in [2.24, 2.45) is 0 Å².